The van der Waals surface area contributed by atoms with Crippen molar-refractivity contribution in [3.63, 3.8) is 0 Å². The number of carbonyl (C=O) groups is 3. The van der Waals surface area contributed by atoms with Crippen molar-refractivity contribution in [2.75, 3.05) is 5.75 Å². The van der Waals surface area contributed by atoms with Crippen LogP contribution in [0.4, 0.5) is 4.79 Å². The van der Waals surface area contributed by atoms with Crippen molar-refractivity contribution < 1.29 is 14.4 Å². The minimum absolute atomic E-state index is 0.00696. The van der Waals surface area contributed by atoms with E-state index in [4.69, 9.17) is 0 Å². The van der Waals surface area contributed by atoms with Gasteiger partial charge in [-0.05, 0) is 25.3 Å². The number of amides is 4. The van der Waals surface area contributed by atoms with E-state index in [1.54, 1.807) is 6.92 Å². The Labute approximate surface area is 153 Å². The Kier molecular flexibility index (Phi) is 5.21. The molecular formula is C16H18N6O3S. The molecule has 0 bridgehead atoms. The first kappa shape index (κ1) is 17.9. The number of hydrogen-bond donors (Lipinski definition) is 3. The lowest BCUT2D eigenvalue weighted by Crippen LogP contribution is -2.49. The Bertz CT molecular complexity index is 798. The summed E-state index contributed by atoms with van der Waals surface area (Å²) in [4.78, 5) is 40.6. The lowest BCUT2D eigenvalue weighted by molar-refractivity contribution is -0.138. The van der Waals surface area contributed by atoms with Crippen LogP contribution in [0, 0.1) is 0 Å². The summed E-state index contributed by atoms with van der Waals surface area (Å²) < 4.78 is 0. The molecule has 136 valence electrons. The summed E-state index contributed by atoms with van der Waals surface area (Å²) >= 11 is 1.12. The van der Waals surface area contributed by atoms with Gasteiger partial charge in [-0.25, -0.2) is 9.78 Å². The molecule has 1 saturated heterocycles. The van der Waals surface area contributed by atoms with Crippen molar-refractivity contribution in [2.45, 2.75) is 30.5 Å². The first-order chi connectivity index (χ1) is 12.5. The molecule has 0 spiro atoms. The number of rotatable bonds is 7. The summed E-state index contributed by atoms with van der Waals surface area (Å²) in [6.07, 6.45) is 2.39. The Morgan fingerprint density at radius 3 is 2.77 bits per heavy atom. The molecule has 1 aromatic heterocycles. The quantitative estimate of drug-likeness (QED) is 0.489. The van der Waals surface area contributed by atoms with Crippen LogP contribution in [0.1, 0.15) is 18.9 Å². The van der Waals surface area contributed by atoms with E-state index >= 15 is 0 Å². The third kappa shape index (κ3) is 4.02. The highest BCUT2D eigenvalue weighted by atomic mass is 32.2. The van der Waals surface area contributed by atoms with Gasteiger partial charge in [-0.2, -0.15) is 10.1 Å². The van der Waals surface area contributed by atoms with Gasteiger partial charge in [-0.3, -0.25) is 20.1 Å². The van der Waals surface area contributed by atoms with Crippen LogP contribution >= 0.6 is 11.8 Å². The fourth-order valence-corrected chi connectivity index (χ4v) is 3.12. The van der Waals surface area contributed by atoms with Gasteiger partial charge in [-0.1, -0.05) is 42.1 Å². The molecule has 2 aromatic rings. The lowest BCUT2D eigenvalue weighted by Gasteiger charge is -2.21. The Morgan fingerprint density at radius 2 is 2.08 bits per heavy atom. The highest BCUT2D eigenvalue weighted by Gasteiger charge is 2.48. The molecule has 0 saturated carbocycles. The number of aromatic nitrogens is 3. The van der Waals surface area contributed by atoms with Crippen LogP contribution in [-0.4, -0.2) is 49.3 Å². The van der Waals surface area contributed by atoms with Gasteiger partial charge in [0.05, 0.1) is 5.75 Å². The maximum absolute atomic E-state index is 12.6. The van der Waals surface area contributed by atoms with Crippen molar-refractivity contribution in [1.82, 2.24) is 30.9 Å². The van der Waals surface area contributed by atoms with E-state index in [2.05, 4.69) is 25.9 Å². The second-order valence-corrected chi connectivity index (χ2v) is 6.97. The van der Waals surface area contributed by atoms with Gasteiger partial charge in [0.15, 0.2) is 5.16 Å². The van der Waals surface area contributed by atoms with Gasteiger partial charge in [0.25, 0.3) is 5.91 Å². The second kappa shape index (κ2) is 7.56. The summed E-state index contributed by atoms with van der Waals surface area (Å²) in [5.41, 5.74) is 2.36. The number of aromatic amines is 1. The molecule has 0 aliphatic carbocycles. The van der Waals surface area contributed by atoms with E-state index in [9.17, 15) is 14.4 Å². The largest absolute Gasteiger partial charge is 0.344 e. The Balaban J connectivity index is 1.56. The van der Waals surface area contributed by atoms with Crippen LogP contribution < -0.4 is 10.7 Å². The number of urea groups is 1. The zero-order valence-electron chi connectivity index (χ0n) is 14.1. The molecule has 1 aliphatic rings. The molecule has 26 heavy (non-hydrogen) atoms. The van der Waals surface area contributed by atoms with Crippen LogP contribution in [0.15, 0.2) is 41.8 Å². The molecule has 1 aliphatic heterocycles. The van der Waals surface area contributed by atoms with Gasteiger partial charge in [0.1, 0.15) is 11.9 Å². The Hall–Kier alpha value is -2.88. The molecule has 4 amide bonds. The van der Waals surface area contributed by atoms with E-state index in [0.29, 0.717) is 18.0 Å². The zero-order valence-corrected chi connectivity index (χ0v) is 14.9. The predicted molar refractivity (Wildman–Crippen MR) is 93.8 cm³/mol. The summed E-state index contributed by atoms with van der Waals surface area (Å²) in [6, 6.07) is 9.05. The van der Waals surface area contributed by atoms with Gasteiger partial charge in [0, 0.05) is 0 Å². The minimum Gasteiger partial charge on any atom is -0.322 e. The van der Waals surface area contributed by atoms with Crippen molar-refractivity contribution in [1.29, 1.82) is 0 Å². The summed E-state index contributed by atoms with van der Waals surface area (Å²) in [5.74, 6) is -0.967. The number of nitrogens with one attached hydrogen (secondary N) is 3. The van der Waals surface area contributed by atoms with Crippen molar-refractivity contribution in [3.05, 3.63) is 42.2 Å². The average molecular weight is 374 g/mol. The minimum atomic E-state index is -1.06. The molecule has 2 heterocycles. The number of hydrogen-bond acceptors (Lipinski definition) is 6. The number of imide groups is 1. The average Bonchev–Trinajstić information content (AvgIpc) is 3.23. The van der Waals surface area contributed by atoms with Crippen molar-refractivity contribution in [2.24, 2.45) is 0 Å². The van der Waals surface area contributed by atoms with E-state index in [0.717, 1.165) is 22.3 Å². The number of hydrazine groups is 1. The van der Waals surface area contributed by atoms with Gasteiger partial charge >= 0.3 is 6.03 Å². The van der Waals surface area contributed by atoms with E-state index in [1.165, 1.54) is 6.33 Å². The van der Waals surface area contributed by atoms with Gasteiger partial charge < -0.3 is 5.32 Å². The van der Waals surface area contributed by atoms with Crippen molar-refractivity contribution in [3.8, 4) is 0 Å². The zero-order chi connectivity index (χ0) is 18.6. The topological polar surface area (TPSA) is 120 Å². The van der Waals surface area contributed by atoms with Crippen LogP contribution in [0.3, 0.4) is 0 Å². The maximum atomic E-state index is 12.6. The van der Waals surface area contributed by atoms with Crippen LogP contribution in [0.2, 0.25) is 0 Å². The molecule has 9 nitrogen and oxygen atoms in total. The molecule has 1 fully saturated rings. The van der Waals surface area contributed by atoms with Crippen LogP contribution in [0.25, 0.3) is 0 Å². The monoisotopic (exact) mass is 374 g/mol. The fraction of sp³-hybridized carbons (Fsp3) is 0.312. The smallest absolute Gasteiger partial charge is 0.322 e. The number of thioether (sulfide) groups is 1. The molecule has 1 aromatic carbocycles. The third-order valence-corrected chi connectivity index (χ3v) is 4.86. The lowest BCUT2D eigenvalue weighted by atomic mass is 9.93. The van der Waals surface area contributed by atoms with Crippen molar-refractivity contribution >= 4 is 29.6 Å². The molecule has 3 N–H and O–H groups in total. The van der Waals surface area contributed by atoms with Gasteiger partial charge in [-0.15, -0.1) is 0 Å². The molecule has 3 rings (SSSR count). The maximum Gasteiger partial charge on any atom is 0.344 e. The molecule has 10 heteroatoms. The summed E-state index contributed by atoms with van der Waals surface area (Å²) in [5, 5.41) is 10.2. The standard InChI is InChI=1S/C16H18N6O3S/c1-16(8-7-11-5-3-2-4-6-11)13(24)22(15(25)19-16)21-12(23)9-26-14-17-10-18-20-14/h2-6,10H,7-9H2,1H3,(H,19,25)(H,21,23)(H,17,18,20)/t16-/m1/s1. The molecule has 0 radical (unpaired) electrons. The number of H-pyrrole nitrogens is 1. The summed E-state index contributed by atoms with van der Waals surface area (Å²) in [7, 11) is 0. The van der Waals surface area contributed by atoms with Crippen LogP contribution in [0.5, 0.6) is 0 Å². The first-order valence-electron chi connectivity index (χ1n) is 7.96. The number of nitrogens with zero attached hydrogens (tertiary/aromatic N) is 3. The molecule has 0 unspecified atom stereocenters. The van der Waals surface area contributed by atoms with E-state index in [1.807, 2.05) is 30.3 Å². The normalized spacial score (nSPS) is 19.5. The fourth-order valence-electron chi connectivity index (χ4n) is 2.55. The van der Waals surface area contributed by atoms with Crippen LogP contribution in [-0.2, 0) is 16.0 Å². The number of aryl methyl sites for hydroxylation is 1. The Morgan fingerprint density at radius 1 is 1.31 bits per heavy atom. The SMILES string of the molecule is C[C@]1(CCc2ccccc2)NC(=O)N(NC(=O)CSc2ncn[nH]2)C1=O. The number of benzene rings is 1. The predicted octanol–water partition coefficient (Wildman–Crippen LogP) is 0.871. The third-order valence-electron chi connectivity index (χ3n) is 3.99. The number of carbonyl (C=O) groups excluding carboxylic acids is 3. The molecule has 1 atom stereocenters. The highest BCUT2D eigenvalue weighted by Crippen LogP contribution is 2.22. The van der Waals surface area contributed by atoms with E-state index < -0.39 is 23.4 Å². The second-order valence-electron chi connectivity index (χ2n) is 6.00. The van der Waals surface area contributed by atoms with Gasteiger partial charge in [0.2, 0.25) is 5.91 Å². The first-order valence-corrected chi connectivity index (χ1v) is 8.95. The summed E-state index contributed by atoms with van der Waals surface area (Å²) in [6.45, 7) is 1.66. The highest BCUT2D eigenvalue weighted by molar-refractivity contribution is 7.99. The van der Waals surface area contributed by atoms with E-state index in [-0.39, 0.29) is 5.75 Å². The molecular weight excluding hydrogens is 356 g/mol.